The van der Waals surface area contributed by atoms with E-state index in [-0.39, 0.29) is 12.2 Å². The molecule has 12 nitrogen and oxygen atoms in total. The topological polar surface area (TPSA) is 125 Å². The molecule has 0 aromatic carbocycles. The third-order valence-electron chi connectivity index (χ3n) is 7.39. The van der Waals surface area contributed by atoms with E-state index in [1.54, 1.807) is 7.11 Å². The molecule has 0 saturated carbocycles. The summed E-state index contributed by atoms with van der Waals surface area (Å²) < 4.78 is 80.4. The lowest BCUT2D eigenvalue weighted by atomic mass is 10.5. The van der Waals surface area contributed by atoms with Crippen molar-refractivity contribution < 1.29 is 52.5 Å². The van der Waals surface area contributed by atoms with Gasteiger partial charge >= 0.3 is 34.2 Å². The lowest BCUT2D eigenvalue weighted by Crippen LogP contribution is -2.56. The standard InChI is InChI=1S/C26H64O12Si8/c1-13-41(27)24-42(5,6)36-44(9,10)37-43(7,8)34-39(3)33-40(4)35-46(12,19-15-17-30-21-26-23-32-26)38-45(11,28-2)18-14-16-29-20-25-22-31-25/h25-26,39-40H,13-24H2,1-12H3. The minimum atomic E-state index is -2.70. The van der Waals surface area contributed by atoms with Crippen LogP contribution in [0.15, 0.2) is 0 Å². The van der Waals surface area contributed by atoms with Crippen molar-refractivity contribution in [3.05, 3.63) is 0 Å². The molecule has 2 rings (SSSR count). The van der Waals surface area contributed by atoms with Crippen LogP contribution in [0.4, 0.5) is 0 Å². The first-order chi connectivity index (χ1) is 21.3. The minimum absolute atomic E-state index is 0.249. The molecule has 0 amide bonds. The molecule has 0 aliphatic carbocycles. The molecule has 6 unspecified atom stereocenters. The SMILES string of the molecule is CC[Si](=O)C[Si](C)(C)O[Si](C)(C)O[Si](C)(C)O[SiH](C)O[SiH](C)O[Si](C)(CCCOCC1CO1)O[Si](C)(CCCOCC1CO1)OC. The quantitative estimate of drug-likeness (QED) is 0.0616. The molecule has 0 radical (unpaired) electrons. The van der Waals surface area contributed by atoms with Crippen LogP contribution in [0.2, 0.25) is 89.3 Å². The van der Waals surface area contributed by atoms with Crippen LogP contribution in [0.3, 0.4) is 0 Å². The van der Waals surface area contributed by atoms with Crippen LogP contribution in [0.5, 0.6) is 0 Å². The van der Waals surface area contributed by atoms with Crippen molar-refractivity contribution in [2.24, 2.45) is 0 Å². The molecule has 46 heavy (non-hydrogen) atoms. The molecule has 0 aromatic rings. The second-order valence-corrected chi connectivity index (χ2v) is 40.1. The predicted octanol–water partition coefficient (Wildman–Crippen LogP) is 4.78. The monoisotopic (exact) mass is 792 g/mol. The van der Waals surface area contributed by atoms with E-state index < -0.39 is 69.8 Å². The van der Waals surface area contributed by atoms with E-state index >= 15 is 0 Å². The number of hydrogen-bond donors (Lipinski definition) is 0. The van der Waals surface area contributed by atoms with E-state index in [9.17, 15) is 4.46 Å². The first-order valence-corrected chi connectivity index (χ1v) is 36.7. The van der Waals surface area contributed by atoms with E-state index in [1.165, 1.54) is 0 Å². The second kappa shape index (κ2) is 19.6. The highest BCUT2D eigenvalue weighted by Crippen LogP contribution is 2.28. The average molecular weight is 793 g/mol. The third kappa shape index (κ3) is 19.5. The van der Waals surface area contributed by atoms with Crippen molar-refractivity contribution in [3.63, 3.8) is 0 Å². The summed E-state index contributed by atoms with van der Waals surface area (Å²) >= 11 is 0. The van der Waals surface area contributed by atoms with Gasteiger partial charge in [-0.2, -0.15) is 0 Å². The second-order valence-electron chi connectivity index (χ2n) is 14.2. The molecule has 2 heterocycles. The molecule has 0 spiro atoms. The lowest BCUT2D eigenvalue weighted by Gasteiger charge is -2.40. The Morgan fingerprint density at radius 3 is 1.72 bits per heavy atom. The predicted molar refractivity (Wildman–Crippen MR) is 197 cm³/mol. The first-order valence-electron chi connectivity index (χ1n) is 16.9. The van der Waals surface area contributed by atoms with Crippen molar-refractivity contribution in [1.29, 1.82) is 0 Å². The van der Waals surface area contributed by atoms with Crippen LogP contribution < -0.4 is 0 Å². The fourth-order valence-electron chi connectivity index (χ4n) is 5.55. The maximum Gasteiger partial charge on any atom is 0.325 e. The van der Waals surface area contributed by atoms with Crippen LogP contribution in [0.1, 0.15) is 19.8 Å². The van der Waals surface area contributed by atoms with Gasteiger partial charge in [0.25, 0.3) is 27.3 Å². The summed E-state index contributed by atoms with van der Waals surface area (Å²) in [5, 5.41) is 0. The average Bonchev–Trinajstić information content (AvgIpc) is 3.81. The molecule has 0 bridgehead atoms. The van der Waals surface area contributed by atoms with Crippen molar-refractivity contribution >= 4 is 69.8 Å². The number of hydrogen-bond acceptors (Lipinski definition) is 12. The molecule has 0 aromatic heterocycles. The maximum absolute atomic E-state index is 12.3. The molecule has 272 valence electrons. The highest BCUT2D eigenvalue weighted by Gasteiger charge is 2.45. The van der Waals surface area contributed by atoms with Crippen molar-refractivity contribution in [2.75, 3.05) is 46.8 Å². The summed E-state index contributed by atoms with van der Waals surface area (Å²) in [6, 6.07) is 2.31. The number of ether oxygens (including phenoxy) is 4. The zero-order valence-corrected chi connectivity index (χ0v) is 39.0. The number of epoxide rings is 2. The van der Waals surface area contributed by atoms with Crippen LogP contribution >= 0.6 is 0 Å². The zero-order chi connectivity index (χ0) is 34.7. The third-order valence-corrected chi connectivity index (χ3v) is 38.1. The fraction of sp³-hybridized carbons (Fsp3) is 1.00. The van der Waals surface area contributed by atoms with E-state index in [2.05, 4.69) is 58.9 Å². The van der Waals surface area contributed by atoms with E-state index in [0.717, 1.165) is 44.2 Å². The summed E-state index contributed by atoms with van der Waals surface area (Å²) in [6.45, 7) is 27.0. The van der Waals surface area contributed by atoms with Gasteiger partial charge in [-0.3, -0.25) is 0 Å². The molecule has 20 heteroatoms. The Morgan fingerprint density at radius 2 is 1.24 bits per heavy atom. The number of rotatable bonds is 28. The van der Waals surface area contributed by atoms with E-state index in [1.807, 2.05) is 13.5 Å². The largest absolute Gasteiger partial charge is 0.436 e. The Balaban J connectivity index is 1.94. The van der Waals surface area contributed by atoms with Crippen LogP contribution in [-0.2, 0) is 52.5 Å². The fourth-order valence-corrected chi connectivity index (χ4v) is 39.8. The summed E-state index contributed by atoms with van der Waals surface area (Å²) in [7, 11) is -16.5. The molecule has 6 atom stereocenters. The van der Waals surface area contributed by atoms with E-state index in [4.69, 9.17) is 48.1 Å². The maximum atomic E-state index is 12.3. The molecule has 2 fully saturated rings. The Morgan fingerprint density at radius 1 is 0.739 bits per heavy atom. The van der Waals surface area contributed by atoms with Crippen LogP contribution in [0.25, 0.3) is 0 Å². The summed E-state index contributed by atoms with van der Waals surface area (Å²) in [6.07, 6.45) is 2.21. The Bertz CT molecular complexity index is 914. The molecule has 2 saturated heterocycles. The van der Waals surface area contributed by atoms with Gasteiger partial charge in [0.2, 0.25) is 0 Å². The van der Waals surface area contributed by atoms with Gasteiger partial charge in [-0.25, -0.2) is 0 Å². The molecule has 2 aliphatic heterocycles. The summed E-state index contributed by atoms with van der Waals surface area (Å²) in [4.78, 5) is 0. The molecule has 0 N–H and O–H groups in total. The Hall–Kier alpha value is 1.10. The normalized spacial score (nSPS) is 22.6. The smallest absolute Gasteiger partial charge is 0.325 e. The highest BCUT2D eigenvalue weighted by molar-refractivity contribution is 6.90. The van der Waals surface area contributed by atoms with Crippen LogP contribution in [0, 0.1) is 0 Å². The van der Waals surface area contributed by atoms with Gasteiger partial charge in [0.05, 0.1) is 26.4 Å². The van der Waals surface area contributed by atoms with Gasteiger partial charge in [-0.1, -0.05) is 6.92 Å². The van der Waals surface area contributed by atoms with Gasteiger partial charge in [-0.05, 0) is 96.4 Å². The minimum Gasteiger partial charge on any atom is -0.436 e. The summed E-state index contributed by atoms with van der Waals surface area (Å²) in [5.41, 5.74) is 0.686. The lowest BCUT2D eigenvalue weighted by molar-refractivity contribution is 0.114. The summed E-state index contributed by atoms with van der Waals surface area (Å²) in [5.74, 6) is 0. The van der Waals surface area contributed by atoms with Gasteiger partial charge in [0, 0.05) is 26.0 Å². The molecular formula is C26H64O12Si8. The van der Waals surface area contributed by atoms with E-state index in [0.29, 0.717) is 32.1 Å². The van der Waals surface area contributed by atoms with Crippen molar-refractivity contribution in [3.8, 4) is 0 Å². The highest BCUT2D eigenvalue weighted by atomic mass is 28.5. The molecular weight excluding hydrogens is 729 g/mol. The zero-order valence-electron chi connectivity index (χ0n) is 30.7. The van der Waals surface area contributed by atoms with Crippen molar-refractivity contribution in [1.82, 2.24) is 0 Å². The Labute approximate surface area is 289 Å². The van der Waals surface area contributed by atoms with Crippen molar-refractivity contribution in [2.45, 2.75) is 121 Å². The van der Waals surface area contributed by atoms with Gasteiger partial charge in [-0.15, -0.1) is 0 Å². The van der Waals surface area contributed by atoms with Gasteiger partial charge in [0.1, 0.15) is 12.2 Å². The first kappa shape index (κ1) is 43.3. The molecule has 2 aliphatic rings. The van der Waals surface area contributed by atoms with Crippen LogP contribution in [-0.4, -0.2) is 129 Å². The van der Waals surface area contributed by atoms with Gasteiger partial charge < -0.3 is 52.5 Å². The van der Waals surface area contributed by atoms with Gasteiger partial charge in [0.15, 0.2) is 8.32 Å². The Kier molecular flexibility index (Phi) is 18.5.